The average Bonchev–Trinajstić information content (AvgIpc) is 0.760. The minimum atomic E-state index is -3.66. The minimum Gasteiger partial charge on any atom is -0.379 e. The molecule has 0 aliphatic carbocycles. The normalized spacial score (nSPS) is 29.1. The second-order valence-electron chi connectivity index (χ2n) is 29.5. The summed E-state index contributed by atoms with van der Waals surface area (Å²) in [5.74, 6) is -9.80. The number of hydrogen-bond acceptors (Lipinski definition) is 18. The Labute approximate surface area is 589 Å². The van der Waals surface area contributed by atoms with Crippen LogP contribution in [0.4, 0.5) is 0 Å². The van der Waals surface area contributed by atoms with E-state index in [1.165, 1.54) is 92.5 Å². The maximum atomic E-state index is 15.7. The van der Waals surface area contributed by atoms with Gasteiger partial charge in [0.2, 0.25) is 59.1 Å². The van der Waals surface area contributed by atoms with Crippen LogP contribution in [0.2, 0.25) is 0 Å². The lowest BCUT2D eigenvalue weighted by Crippen LogP contribution is -2.72. The number of hydroxylamine groups is 2. The molecule has 4 aliphatic heterocycles. The summed E-state index contributed by atoms with van der Waals surface area (Å²) < 4.78 is 40.1. The smallest absolute Gasteiger partial charge is 0.270 e. The average molecular weight is 1420 g/mol. The van der Waals surface area contributed by atoms with Crippen molar-refractivity contribution in [3.63, 3.8) is 0 Å². The van der Waals surface area contributed by atoms with Crippen molar-refractivity contribution < 1.29 is 79.7 Å². The molecule has 566 valence electrons. The van der Waals surface area contributed by atoms with E-state index in [2.05, 4.69) is 20.9 Å². The predicted octanol–water partition coefficient (Wildman–Crippen LogP) is 2.48. The Balaban J connectivity index is 1.95. The maximum absolute atomic E-state index is 15.7. The maximum Gasteiger partial charge on any atom is 0.270 e. The summed E-state index contributed by atoms with van der Waals surface area (Å²) in [7, 11) is 4.85. The van der Waals surface area contributed by atoms with Crippen molar-refractivity contribution in [2.24, 2.45) is 29.6 Å². The topological polar surface area (TPSA) is 324 Å². The zero-order valence-electron chi connectivity index (χ0n) is 63.4. The Kier molecular flexibility index (Phi) is 33.0. The number of carbonyl (C=O) groups excluding carboxylic acids is 11. The van der Waals surface area contributed by atoms with E-state index < -0.39 is 178 Å². The number of carbonyl (C=O) groups is 11. The molecule has 0 aromatic rings. The Morgan fingerprint density at radius 3 is 1.68 bits per heavy atom. The lowest BCUT2D eigenvalue weighted by atomic mass is 9.88. The van der Waals surface area contributed by atoms with Crippen molar-refractivity contribution in [1.29, 1.82) is 0 Å². The van der Waals surface area contributed by atoms with Crippen molar-refractivity contribution >= 4 is 75.1 Å². The summed E-state index contributed by atoms with van der Waals surface area (Å²) in [6.45, 7) is 29.3. The standard InChI is InChI=1S/C69H122N12O17S/c1-23-50-65(88)73(16)47(13)63(86)78(21)56(49(15)96-33-28-26-30-79-31-35-95-36-32-79)60(83)72-54(42(6)7)68(91)74(17)51(37-40(2)3)59(82)70-46(12)62(85)80-45(11)39-53(76(19)66(89)52(38-41(4)5)75(18)64(87)48(80)14)67(90)77(20)55(43(8)9)69(92)81-57(61(84)71-50)58(98-81)44(10)29-25-24-27-34-97-99(22,93)94/h40-58H,23-39H2,1-22H3,(H,70,82)(H,71,84)(H,72,83)/t44-,45?,46+,47-,48-,49-,50+,51+,52+,53+,54+,55+,56+,57+,58-/m1/s1. The van der Waals surface area contributed by atoms with Crippen LogP contribution in [0.25, 0.3) is 0 Å². The molecule has 29 nitrogen and oxygen atoms in total. The molecule has 0 radical (unpaired) electrons. The molecule has 4 saturated heterocycles. The summed E-state index contributed by atoms with van der Waals surface area (Å²) in [6.07, 6.45) is 2.31. The molecule has 0 spiro atoms. The molecular weight excluding hydrogens is 1300 g/mol. The Morgan fingerprint density at radius 1 is 0.545 bits per heavy atom. The van der Waals surface area contributed by atoms with Crippen molar-refractivity contribution in [3.05, 3.63) is 0 Å². The molecule has 0 aromatic carbocycles. The summed E-state index contributed by atoms with van der Waals surface area (Å²) in [4.78, 5) is 184. The van der Waals surface area contributed by atoms with Crippen LogP contribution in [0.5, 0.6) is 0 Å². The third kappa shape index (κ3) is 22.5. The molecule has 11 amide bonds. The van der Waals surface area contributed by atoms with Crippen LogP contribution in [-0.4, -0.2) is 297 Å². The van der Waals surface area contributed by atoms with Gasteiger partial charge < -0.3 is 59.7 Å². The number of unbranched alkanes of at least 4 members (excludes halogenated alkanes) is 3. The quantitative estimate of drug-likeness (QED) is 0.104. The first-order chi connectivity index (χ1) is 46.1. The van der Waals surface area contributed by atoms with Gasteiger partial charge in [-0.1, -0.05) is 82.1 Å². The highest BCUT2D eigenvalue weighted by Crippen LogP contribution is 2.35. The third-order valence-electron chi connectivity index (χ3n) is 20.0. The fraction of sp³-hybridized carbons (Fsp3) is 0.841. The highest BCUT2D eigenvalue weighted by atomic mass is 32.2. The van der Waals surface area contributed by atoms with Crippen molar-refractivity contribution in [2.45, 2.75) is 253 Å². The minimum absolute atomic E-state index is 0.00372. The molecule has 4 heterocycles. The molecule has 99 heavy (non-hydrogen) atoms. The number of likely N-dealkylation sites (N-methyl/N-ethyl adjacent to an activating group) is 6. The van der Waals surface area contributed by atoms with Gasteiger partial charge in [-0.05, 0) is 122 Å². The zero-order valence-corrected chi connectivity index (χ0v) is 64.2. The van der Waals surface area contributed by atoms with E-state index >= 15 is 33.6 Å². The van der Waals surface area contributed by atoms with E-state index in [1.807, 2.05) is 34.6 Å². The summed E-state index contributed by atoms with van der Waals surface area (Å²) in [6, 6.07) is -15.4. The van der Waals surface area contributed by atoms with Crippen molar-refractivity contribution in [1.82, 2.24) is 60.2 Å². The zero-order chi connectivity index (χ0) is 75.0. The molecule has 0 aromatic heterocycles. The summed E-state index contributed by atoms with van der Waals surface area (Å²) in [5, 5.41) is 9.50. The highest BCUT2D eigenvalue weighted by molar-refractivity contribution is 7.86. The SMILES string of the molecule is CC[C@@H]1NC(=O)[C@@H]2[C@@H]([C@H](C)CCCCCOS(C)(=O)=O)ON2C(=O)[C@H](C(C)C)N(C)C(=O)[C@@H]2CC(C)N(C(=O)[C@H](C)NC(=O)[C@H](CC(C)C)N(C)C(=O)[C@H](C(C)C)NC(=O)[C@H]([C@@H](C)OCCCCN3CCOCC3)N(C)C(=O)[C@@H](C)N(C)C1=O)[C@H](C)C(=O)N(C)[C@@H](CC(C)C)C(=O)N2C. The van der Waals surface area contributed by atoms with Crippen LogP contribution >= 0.6 is 0 Å². The molecule has 15 atom stereocenters. The number of nitrogens with zero attached hydrogens (tertiary/aromatic N) is 9. The highest BCUT2D eigenvalue weighted by Gasteiger charge is 2.55. The van der Waals surface area contributed by atoms with Gasteiger partial charge in [0.15, 0.2) is 6.04 Å². The molecule has 4 rings (SSSR count). The predicted molar refractivity (Wildman–Crippen MR) is 372 cm³/mol. The van der Waals surface area contributed by atoms with Crippen molar-refractivity contribution in [3.8, 4) is 0 Å². The van der Waals surface area contributed by atoms with E-state index in [4.69, 9.17) is 18.5 Å². The second-order valence-corrected chi connectivity index (χ2v) is 31.2. The first kappa shape index (κ1) is 85.3. The first-order valence-corrected chi connectivity index (χ1v) is 37.5. The van der Waals surface area contributed by atoms with Gasteiger partial charge in [-0.2, -0.15) is 8.42 Å². The molecule has 2 bridgehead atoms. The van der Waals surface area contributed by atoms with Crippen LogP contribution in [0.15, 0.2) is 0 Å². The molecule has 0 saturated carbocycles. The number of ether oxygens (including phenoxy) is 2. The number of amides is 11. The fourth-order valence-electron chi connectivity index (χ4n) is 13.7. The number of nitrogens with one attached hydrogen (secondary N) is 3. The van der Waals surface area contributed by atoms with Gasteiger partial charge >= 0.3 is 0 Å². The molecule has 4 fully saturated rings. The van der Waals surface area contributed by atoms with Crippen molar-refractivity contribution in [2.75, 3.05) is 94.6 Å². The lowest BCUT2D eigenvalue weighted by Gasteiger charge is -2.50. The van der Waals surface area contributed by atoms with E-state index in [0.717, 1.165) is 42.3 Å². The summed E-state index contributed by atoms with van der Waals surface area (Å²) in [5.41, 5.74) is 0. The fourth-order valence-corrected chi connectivity index (χ4v) is 14.2. The van der Waals surface area contributed by atoms with Gasteiger partial charge in [-0.15, -0.1) is 0 Å². The van der Waals surface area contributed by atoms with E-state index in [1.54, 1.807) is 48.5 Å². The Hall–Kier alpha value is -6.08. The first-order valence-electron chi connectivity index (χ1n) is 35.7. The molecule has 3 N–H and O–H groups in total. The number of rotatable bonds is 22. The second kappa shape index (κ2) is 38.3. The number of morpholine rings is 1. The Bertz CT molecular complexity index is 2900. The van der Waals surface area contributed by atoms with Gasteiger partial charge in [-0.3, -0.25) is 66.7 Å². The van der Waals surface area contributed by atoms with Gasteiger partial charge in [0.1, 0.15) is 66.5 Å². The van der Waals surface area contributed by atoms with Gasteiger partial charge in [0.25, 0.3) is 16.0 Å². The third-order valence-corrected chi connectivity index (χ3v) is 20.6. The summed E-state index contributed by atoms with van der Waals surface area (Å²) >= 11 is 0. The molecular formula is C69H122N12O17S. The molecule has 4 aliphatic rings. The molecule has 30 heteroatoms. The van der Waals surface area contributed by atoms with Crippen LogP contribution in [0, 0.1) is 29.6 Å². The molecule has 1 unspecified atom stereocenters. The van der Waals surface area contributed by atoms with E-state index in [-0.39, 0.29) is 50.7 Å². The monoisotopic (exact) mass is 1420 g/mol. The van der Waals surface area contributed by atoms with Crippen LogP contribution in [0.3, 0.4) is 0 Å². The number of hydrogen-bond donors (Lipinski definition) is 3. The van der Waals surface area contributed by atoms with Gasteiger partial charge in [0, 0.05) is 68.0 Å². The van der Waals surface area contributed by atoms with Gasteiger partial charge in [-0.25, -0.2) is 5.06 Å². The van der Waals surface area contributed by atoms with Crippen LogP contribution < -0.4 is 16.0 Å². The van der Waals surface area contributed by atoms with Crippen LogP contribution in [0.1, 0.15) is 168 Å². The van der Waals surface area contributed by atoms with Crippen LogP contribution in [-0.2, 0) is 81.4 Å². The van der Waals surface area contributed by atoms with E-state index in [9.17, 15) is 27.6 Å². The van der Waals surface area contributed by atoms with Gasteiger partial charge in [0.05, 0.1) is 32.2 Å². The Morgan fingerprint density at radius 2 is 1.11 bits per heavy atom. The largest absolute Gasteiger partial charge is 0.379 e. The number of fused-ring (bicyclic) bond motifs is 4. The van der Waals surface area contributed by atoms with E-state index in [0.29, 0.717) is 45.3 Å². The lowest BCUT2D eigenvalue weighted by molar-refractivity contribution is -0.322.